The molecular weight excluding hydrogens is 524 g/mol. The average molecular weight is 567 g/mol. The van der Waals surface area contributed by atoms with E-state index in [1.54, 1.807) is 18.3 Å². The van der Waals surface area contributed by atoms with Crippen molar-refractivity contribution in [2.45, 2.75) is 88.8 Å². The zero-order chi connectivity index (χ0) is 28.1. The molecule has 11 heteroatoms. The molecule has 38 heavy (non-hydrogen) atoms. The van der Waals surface area contributed by atoms with Crippen molar-refractivity contribution in [2.24, 2.45) is 0 Å². The number of rotatable bonds is 10. The van der Waals surface area contributed by atoms with Gasteiger partial charge in [0, 0.05) is 41.9 Å². The first-order valence-electron chi connectivity index (χ1n) is 13.1. The van der Waals surface area contributed by atoms with Gasteiger partial charge in [0.2, 0.25) is 10.0 Å². The standard InChI is InChI=1S/C27H42N4O5S2/c1-18(2)36-26(32)29-20-10-8-19(9-11-20)25-28-17-23(37-25)22-13-12-21(35-15-14-31(6)7)16-24(22)38(33,34)30-27(3,4)5/h12-13,16-20,30H,8-11,14-15H2,1-7H3,(H,29,32). The van der Waals surface area contributed by atoms with Gasteiger partial charge in [-0.25, -0.2) is 22.9 Å². The van der Waals surface area contributed by atoms with E-state index < -0.39 is 15.6 Å². The second kappa shape index (κ2) is 12.8. The van der Waals surface area contributed by atoms with Crippen LogP contribution in [0, 0.1) is 0 Å². The molecule has 1 amide bonds. The summed E-state index contributed by atoms with van der Waals surface area (Å²) in [5, 5.41) is 3.94. The van der Waals surface area contributed by atoms with Gasteiger partial charge in [-0.05, 0) is 86.5 Å². The minimum atomic E-state index is -3.82. The third kappa shape index (κ3) is 8.93. The van der Waals surface area contributed by atoms with Crippen LogP contribution < -0.4 is 14.8 Å². The summed E-state index contributed by atoms with van der Waals surface area (Å²) in [5.74, 6) is 0.783. The number of aromatic nitrogens is 1. The van der Waals surface area contributed by atoms with Crippen LogP contribution in [0.2, 0.25) is 0 Å². The average Bonchev–Trinajstić information content (AvgIpc) is 3.27. The SMILES string of the molecule is CC(C)OC(=O)NC1CCC(c2ncc(-c3ccc(OCCN(C)C)cc3S(=O)(=O)NC(C)(C)C)s2)CC1. The van der Waals surface area contributed by atoms with Crippen LogP contribution in [0.25, 0.3) is 10.4 Å². The van der Waals surface area contributed by atoms with Crippen molar-refractivity contribution < 1.29 is 22.7 Å². The monoisotopic (exact) mass is 566 g/mol. The van der Waals surface area contributed by atoms with E-state index in [-0.39, 0.29) is 29.1 Å². The molecule has 1 fully saturated rings. The van der Waals surface area contributed by atoms with Gasteiger partial charge in [0.05, 0.1) is 20.9 Å². The van der Waals surface area contributed by atoms with Gasteiger partial charge in [-0.3, -0.25) is 0 Å². The molecule has 1 aromatic carbocycles. The Labute approximate surface area is 231 Å². The highest BCUT2D eigenvalue weighted by atomic mass is 32.2. The van der Waals surface area contributed by atoms with Crippen LogP contribution in [0.5, 0.6) is 5.75 Å². The van der Waals surface area contributed by atoms with Gasteiger partial charge in [-0.1, -0.05) is 0 Å². The summed E-state index contributed by atoms with van der Waals surface area (Å²) in [6.07, 6.45) is 4.74. The Kier molecular flexibility index (Phi) is 10.2. The van der Waals surface area contributed by atoms with Gasteiger partial charge in [0.25, 0.3) is 0 Å². The van der Waals surface area contributed by atoms with Crippen molar-refractivity contribution in [1.29, 1.82) is 0 Å². The quantitative estimate of drug-likeness (QED) is 0.417. The first-order chi connectivity index (χ1) is 17.7. The number of carbonyl (C=O) groups is 1. The highest BCUT2D eigenvalue weighted by Gasteiger charge is 2.29. The number of hydrogen-bond acceptors (Lipinski definition) is 8. The van der Waals surface area contributed by atoms with E-state index in [2.05, 4.69) is 15.0 Å². The van der Waals surface area contributed by atoms with Gasteiger partial charge in [0.15, 0.2) is 0 Å². The fraction of sp³-hybridized carbons (Fsp3) is 0.630. The van der Waals surface area contributed by atoms with Gasteiger partial charge in [-0.15, -0.1) is 11.3 Å². The van der Waals surface area contributed by atoms with Crippen LogP contribution in [0.4, 0.5) is 4.79 Å². The summed E-state index contributed by atoms with van der Waals surface area (Å²) >= 11 is 1.53. The Morgan fingerprint density at radius 2 is 1.87 bits per heavy atom. The summed E-state index contributed by atoms with van der Waals surface area (Å²) in [6, 6.07) is 5.32. The number of hydrogen-bond donors (Lipinski definition) is 2. The number of nitrogens with one attached hydrogen (secondary N) is 2. The first-order valence-corrected chi connectivity index (χ1v) is 15.4. The molecule has 0 unspecified atom stereocenters. The van der Waals surface area contributed by atoms with Crippen LogP contribution >= 0.6 is 11.3 Å². The molecule has 0 saturated heterocycles. The number of alkyl carbamates (subject to hydrolysis) is 1. The van der Waals surface area contributed by atoms with Gasteiger partial charge >= 0.3 is 6.09 Å². The number of carbonyl (C=O) groups excluding carboxylic acids is 1. The summed E-state index contributed by atoms with van der Waals surface area (Å²) < 4.78 is 40.7. The Morgan fingerprint density at radius 3 is 2.47 bits per heavy atom. The molecule has 1 aromatic heterocycles. The summed E-state index contributed by atoms with van der Waals surface area (Å²) in [7, 11) is 0.101. The Bertz CT molecular complexity index is 1180. The summed E-state index contributed by atoms with van der Waals surface area (Å²) in [5.41, 5.74) is -0.0254. The van der Waals surface area contributed by atoms with E-state index in [1.165, 1.54) is 11.3 Å². The van der Waals surface area contributed by atoms with E-state index >= 15 is 0 Å². The Balaban J connectivity index is 1.79. The van der Waals surface area contributed by atoms with Crippen molar-refractivity contribution in [3.63, 3.8) is 0 Å². The molecule has 0 bridgehead atoms. The summed E-state index contributed by atoms with van der Waals surface area (Å²) in [4.78, 5) is 19.6. The lowest BCUT2D eigenvalue weighted by Gasteiger charge is -2.28. The lowest BCUT2D eigenvalue weighted by atomic mass is 9.86. The zero-order valence-corrected chi connectivity index (χ0v) is 25.2. The van der Waals surface area contributed by atoms with Gasteiger partial charge < -0.3 is 19.7 Å². The maximum atomic E-state index is 13.4. The van der Waals surface area contributed by atoms with Crippen LogP contribution in [-0.4, -0.2) is 69.3 Å². The maximum absolute atomic E-state index is 13.4. The number of benzene rings is 1. The summed E-state index contributed by atoms with van der Waals surface area (Å²) in [6.45, 7) is 10.3. The van der Waals surface area contributed by atoms with Crippen molar-refractivity contribution >= 4 is 27.5 Å². The molecule has 0 spiro atoms. The normalized spacial score (nSPS) is 18.6. The number of sulfonamides is 1. The van der Waals surface area contributed by atoms with Crippen molar-refractivity contribution in [2.75, 3.05) is 27.2 Å². The molecule has 9 nitrogen and oxygen atoms in total. The molecule has 1 heterocycles. The highest BCUT2D eigenvalue weighted by Crippen LogP contribution is 2.40. The first kappa shape index (κ1) is 30.3. The molecule has 0 atom stereocenters. The van der Waals surface area contributed by atoms with Gasteiger partial charge in [0.1, 0.15) is 12.4 Å². The van der Waals surface area contributed by atoms with E-state index in [0.29, 0.717) is 17.9 Å². The molecular formula is C27H42N4O5S2. The molecule has 2 aromatic rings. The minimum absolute atomic E-state index is 0.0946. The van der Waals surface area contributed by atoms with E-state index in [1.807, 2.05) is 59.7 Å². The number of likely N-dealkylation sites (N-methyl/N-ethyl adjacent to an activating group) is 1. The number of nitrogens with zero attached hydrogens (tertiary/aromatic N) is 2. The fourth-order valence-electron chi connectivity index (χ4n) is 4.32. The van der Waals surface area contributed by atoms with Gasteiger partial charge in [-0.2, -0.15) is 0 Å². The van der Waals surface area contributed by atoms with E-state index in [9.17, 15) is 13.2 Å². The molecule has 1 aliphatic rings. The highest BCUT2D eigenvalue weighted by molar-refractivity contribution is 7.89. The predicted octanol–water partition coefficient (Wildman–Crippen LogP) is 4.99. The third-order valence-corrected chi connectivity index (χ3v) is 9.01. The molecule has 3 rings (SSSR count). The minimum Gasteiger partial charge on any atom is -0.492 e. The Hall–Kier alpha value is -2.21. The maximum Gasteiger partial charge on any atom is 0.407 e. The Morgan fingerprint density at radius 1 is 1.18 bits per heavy atom. The molecule has 0 radical (unpaired) electrons. The zero-order valence-electron chi connectivity index (χ0n) is 23.5. The molecule has 212 valence electrons. The lowest BCUT2D eigenvalue weighted by molar-refractivity contribution is 0.109. The van der Waals surface area contributed by atoms with Crippen LogP contribution in [-0.2, 0) is 14.8 Å². The third-order valence-electron chi connectivity index (χ3n) is 6.02. The predicted molar refractivity (Wildman–Crippen MR) is 151 cm³/mol. The smallest absolute Gasteiger partial charge is 0.407 e. The number of ether oxygens (including phenoxy) is 2. The van der Waals surface area contributed by atoms with Crippen LogP contribution in [0.1, 0.15) is 71.2 Å². The van der Waals surface area contributed by atoms with E-state index in [4.69, 9.17) is 9.47 Å². The molecule has 1 aliphatic carbocycles. The molecule has 2 N–H and O–H groups in total. The van der Waals surface area contributed by atoms with Crippen LogP contribution in [0.15, 0.2) is 29.3 Å². The van der Waals surface area contributed by atoms with Crippen molar-refractivity contribution in [3.05, 3.63) is 29.4 Å². The van der Waals surface area contributed by atoms with Crippen molar-refractivity contribution in [3.8, 4) is 16.2 Å². The lowest BCUT2D eigenvalue weighted by Crippen LogP contribution is -2.40. The van der Waals surface area contributed by atoms with Crippen LogP contribution in [0.3, 0.4) is 0 Å². The molecule has 1 saturated carbocycles. The largest absolute Gasteiger partial charge is 0.492 e. The van der Waals surface area contributed by atoms with E-state index in [0.717, 1.165) is 42.1 Å². The molecule has 0 aliphatic heterocycles. The topological polar surface area (TPSA) is 110 Å². The second-order valence-electron chi connectivity index (χ2n) is 11.4. The number of thiazole rings is 1. The fourth-order valence-corrected chi connectivity index (χ4v) is 7.17. The second-order valence-corrected chi connectivity index (χ2v) is 14.1. The van der Waals surface area contributed by atoms with Crippen molar-refractivity contribution in [1.82, 2.24) is 19.9 Å². The number of amides is 1.